The Kier molecular flexibility index (Phi) is 8.19. The number of azo groups is 1. The van der Waals surface area contributed by atoms with Crippen molar-refractivity contribution < 1.29 is 28.0 Å². The molecule has 9 nitrogen and oxygen atoms in total. The van der Waals surface area contributed by atoms with Crippen LogP contribution in [-0.4, -0.2) is 38.2 Å². The lowest BCUT2D eigenvalue weighted by molar-refractivity contribution is -0.129. The van der Waals surface area contributed by atoms with Crippen LogP contribution in [0.2, 0.25) is 0 Å². The minimum absolute atomic E-state index is 0.0318. The number of nitrogens with one attached hydrogen (secondary N) is 1. The molecule has 2 atom stereocenters. The lowest BCUT2D eigenvalue weighted by atomic mass is 9.91. The van der Waals surface area contributed by atoms with Crippen molar-refractivity contribution in [1.29, 1.82) is 0 Å². The van der Waals surface area contributed by atoms with Crippen molar-refractivity contribution in [3.8, 4) is 0 Å². The van der Waals surface area contributed by atoms with Crippen LogP contribution in [0.3, 0.4) is 0 Å². The van der Waals surface area contributed by atoms with E-state index in [0.29, 0.717) is 17.1 Å². The number of phosphoric ester groups is 1. The van der Waals surface area contributed by atoms with Gasteiger partial charge in [0.05, 0.1) is 30.0 Å². The molecule has 0 fully saturated rings. The van der Waals surface area contributed by atoms with E-state index >= 15 is 0 Å². The molecule has 2 aromatic rings. The molecule has 0 saturated heterocycles. The van der Waals surface area contributed by atoms with Crippen molar-refractivity contribution in [2.24, 2.45) is 15.6 Å². The molecule has 1 amide bonds. The number of nitrogens with zero attached hydrogens (tertiary/aromatic N) is 2. The summed E-state index contributed by atoms with van der Waals surface area (Å²) in [6.45, 7) is 1.15. The molecule has 0 aromatic heterocycles. The molecule has 0 aliphatic heterocycles. The normalized spacial score (nSPS) is 15.6. The first-order valence-electron chi connectivity index (χ1n) is 8.68. The van der Waals surface area contributed by atoms with E-state index in [0.717, 1.165) is 7.11 Å². The van der Waals surface area contributed by atoms with Crippen LogP contribution in [0.25, 0.3) is 0 Å². The maximum absolute atomic E-state index is 12.8. The Morgan fingerprint density at radius 2 is 1.72 bits per heavy atom. The molecule has 0 aliphatic carbocycles. The fourth-order valence-electron chi connectivity index (χ4n) is 2.31. The molecule has 0 spiro atoms. The van der Waals surface area contributed by atoms with E-state index in [-0.39, 0.29) is 13.2 Å². The van der Waals surface area contributed by atoms with Gasteiger partial charge >= 0.3 is 7.82 Å². The molecule has 0 saturated carbocycles. The molecule has 0 bridgehead atoms. The summed E-state index contributed by atoms with van der Waals surface area (Å²) in [7, 11) is -1.76. The van der Waals surface area contributed by atoms with Gasteiger partial charge in [0.2, 0.25) is 5.91 Å². The summed E-state index contributed by atoms with van der Waals surface area (Å²) in [6.07, 6.45) is 0. The second-order valence-corrected chi connectivity index (χ2v) is 8.02. The van der Waals surface area contributed by atoms with Gasteiger partial charge in [-0.15, -0.1) is 0 Å². The highest BCUT2D eigenvalue weighted by Crippen LogP contribution is 2.43. The van der Waals surface area contributed by atoms with Crippen molar-refractivity contribution in [3.63, 3.8) is 0 Å². The zero-order valence-corrected chi connectivity index (χ0v) is 17.3. The second-order valence-electron chi connectivity index (χ2n) is 6.46. The standard InChI is InChI=1S/C19H24N3O6P/c1-19(13-26-2,14-28-29(24,25)27-3)18(23)20-16-10-7-11-17(12-16)22-21-15-8-5-4-6-9-15/h4-12H,13-14H2,1-3H3,(H,20,23)(H,24,25). The minimum Gasteiger partial charge on any atom is -0.383 e. The number of ether oxygens (including phenoxy) is 1. The SMILES string of the molecule is COCC(C)(COP(=O)(O)OC)C(=O)Nc1cccc(N=Nc2ccccc2)c1. The van der Waals surface area contributed by atoms with Gasteiger partial charge in [-0.25, -0.2) is 4.57 Å². The molecule has 2 N–H and O–H groups in total. The van der Waals surface area contributed by atoms with Gasteiger partial charge in [0.15, 0.2) is 0 Å². The van der Waals surface area contributed by atoms with Crippen LogP contribution in [-0.2, 0) is 23.1 Å². The number of rotatable bonds is 10. The smallest absolute Gasteiger partial charge is 0.383 e. The van der Waals surface area contributed by atoms with E-state index in [1.807, 2.05) is 30.3 Å². The van der Waals surface area contributed by atoms with Gasteiger partial charge in [0.1, 0.15) is 0 Å². The third-order valence-corrected chi connectivity index (χ3v) is 4.85. The third kappa shape index (κ3) is 7.16. The zero-order chi connectivity index (χ0) is 21.3. The Labute approximate surface area is 169 Å². The lowest BCUT2D eigenvalue weighted by Crippen LogP contribution is -2.41. The fraction of sp³-hybridized carbons (Fsp3) is 0.316. The largest absolute Gasteiger partial charge is 0.471 e. The first-order chi connectivity index (χ1) is 13.8. The van der Waals surface area contributed by atoms with E-state index in [9.17, 15) is 14.3 Å². The molecular formula is C19H24N3O6P. The minimum atomic E-state index is -4.22. The summed E-state index contributed by atoms with van der Waals surface area (Å²) >= 11 is 0. The number of amides is 1. The highest BCUT2D eigenvalue weighted by Gasteiger charge is 2.37. The number of phosphoric acid groups is 1. The van der Waals surface area contributed by atoms with E-state index in [4.69, 9.17) is 9.26 Å². The number of carbonyl (C=O) groups is 1. The Balaban J connectivity index is 2.11. The Hall–Kier alpha value is -2.42. The van der Waals surface area contributed by atoms with Crippen LogP contribution < -0.4 is 5.32 Å². The summed E-state index contributed by atoms with van der Waals surface area (Å²) in [4.78, 5) is 22.2. The van der Waals surface area contributed by atoms with Crippen molar-refractivity contribution in [2.75, 3.05) is 32.8 Å². The van der Waals surface area contributed by atoms with Gasteiger partial charge in [-0.2, -0.15) is 10.2 Å². The van der Waals surface area contributed by atoms with Gasteiger partial charge in [-0.3, -0.25) is 13.8 Å². The predicted molar refractivity (Wildman–Crippen MR) is 108 cm³/mol. The lowest BCUT2D eigenvalue weighted by Gasteiger charge is -2.27. The molecule has 2 aromatic carbocycles. The summed E-state index contributed by atoms with van der Waals surface area (Å²) < 4.78 is 25.9. The molecule has 29 heavy (non-hydrogen) atoms. The van der Waals surface area contributed by atoms with Gasteiger partial charge < -0.3 is 14.9 Å². The summed E-state index contributed by atoms with van der Waals surface area (Å²) in [5.74, 6) is -0.451. The maximum atomic E-state index is 12.8. The number of methoxy groups -OCH3 is 1. The molecule has 2 rings (SSSR count). The average Bonchev–Trinajstić information content (AvgIpc) is 2.72. The number of anilines is 1. The van der Waals surface area contributed by atoms with E-state index in [1.165, 1.54) is 7.11 Å². The third-order valence-electron chi connectivity index (χ3n) is 3.93. The van der Waals surface area contributed by atoms with Crippen LogP contribution in [0.15, 0.2) is 64.8 Å². The van der Waals surface area contributed by atoms with Gasteiger partial charge in [0, 0.05) is 19.9 Å². The van der Waals surface area contributed by atoms with E-state index in [2.05, 4.69) is 20.1 Å². The van der Waals surface area contributed by atoms with Crippen LogP contribution in [0.4, 0.5) is 17.1 Å². The van der Waals surface area contributed by atoms with Crippen LogP contribution in [0, 0.1) is 5.41 Å². The molecule has 156 valence electrons. The molecule has 0 radical (unpaired) electrons. The highest BCUT2D eigenvalue weighted by molar-refractivity contribution is 7.47. The number of benzene rings is 2. The Morgan fingerprint density at radius 3 is 2.38 bits per heavy atom. The van der Waals surface area contributed by atoms with Gasteiger partial charge in [-0.1, -0.05) is 24.3 Å². The highest BCUT2D eigenvalue weighted by atomic mass is 31.2. The second kappa shape index (κ2) is 10.4. The number of carbonyl (C=O) groups excluding carboxylic acids is 1. The van der Waals surface area contributed by atoms with E-state index in [1.54, 1.807) is 31.2 Å². The first-order valence-corrected chi connectivity index (χ1v) is 10.2. The van der Waals surface area contributed by atoms with E-state index < -0.39 is 19.1 Å². The Bertz CT molecular complexity index is 893. The molecule has 0 aliphatic rings. The Morgan fingerprint density at radius 1 is 1.07 bits per heavy atom. The number of hydrogen-bond donors (Lipinski definition) is 2. The summed E-state index contributed by atoms with van der Waals surface area (Å²) in [5, 5.41) is 11.0. The average molecular weight is 421 g/mol. The number of hydrogen-bond acceptors (Lipinski definition) is 7. The quantitative estimate of drug-likeness (QED) is 0.432. The monoisotopic (exact) mass is 421 g/mol. The van der Waals surface area contributed by atoms with Crippen molar-refractivity contribution >= 4 is 30.8 Å². The molecule has 0 heterocycles. The summed E-state index contributed by atoms with van der Waals surface area (Å²) in [6, 6.07) is 16.1. The van der Waals surface area contributed by atoms with Crippen LogP contribution in [0.5, 0.6) is 0 Å². The zero-order valence-electron chi connectivity index (χ0n) is 16.4. The topological polar surface area (TPSA) is 119 Å². The fourth-order valence-corrected chi connectivity index (χ4v) is 2.86. The maximum Gasteiger partial charge on any atom is 0.471 e. The molecular weight excluding hydrogens is 397 g/mol. The molecule has 10 heteroatoms. The van der Waals surface area contributed by atoms with Crippen molar-refractivity contribution in [2.45, 2.75) is 6.92 Å². The van der Waals surface area contributed by atoms with Gasteiger partial charge in [0.25, 0.3) is 0 Å². The summed E-state index contributed by atoms with van der Waals surface area (Å²) in [5.41, 5.74) is 0.516. The van der Waals surface area contributed by atoms with Crippen LogP contribution in [0.1, 0.15) is 6.92 Å². The van der Waals surface area contributed by atoms with Crippen molar-refractivity contribution in [1.82, 2.24) is 0 Å². The molecule has 2 unspecified atom stereocenters. The first kappa shape index (κ1) is 22.9. The van der Waals surface area contributed by atoms with Crippen molar-refractivity contribution in [3.05, 3.63) is 54.6 Å². The van der Waals surface area contributed by atoms with Gasteiger partial charge in [-0.05, 0) is 37.3 Å². The van der Waals surface area contributed by atoms with Crippen LogP contribution >= 0.6 is 7.82 Å². The predicted octanol–water partition coefficient (Wildman–Crippen LogP) is 4.46.